The third kappa shape index (κ3) is 3.30. The van der Waals surface area contributed by atoms with E-state index in [1.807, 2.05) is 0 Å². The van der Waals surface area contributed by atoms with Gasteiger partial charge in [0.2, 0.25) is 0 Å². The van der Waals surface area contributed by atoms with E-state index >= 15 is 0 Å². The van der Waals surface area contributed by atoms with Gasteiger partial charge < -0.3 is 0 Å². The molecule has 0 aromatic heterocycles. The molecule has 0 saturated heterocycles. The first-order valence-electron chi connectivity index (χ1n) is 4.06. The lowest BCUT2D eigenvalue weighted by atomic mass is 10.1. The van der Waals surface area contributed by atoms with Crippen LogP contribution in [0.3, 0.4) is 0 Å². The second-order valence-electron chi connectivity index (χ2n) is 3.12. The topological polar surface area (TPSA) is 71.4 Å². The Hall–Kier alpha value is -0.910. The Labute approximate surface area is 92.6 Å². The van der Waals surface area contributed by atoms with Gasteiger partial charge in [0, 0.05) is 6.42 Å². The molecule has 15 heavy (non-hydrogen) atoms. The molecule has 0 aliphatic rings. The summed E-state index contributed by atoms with van der Waals surface area (Å²) in [6, 6.07) is 4.07. The fourth-order valence-electron chi connectivity index (χ4n) is 1.14. The SMILES string of the molecule is CC(=O)Cc1ccc(Cl)c(S(=O)(=O)O)c1. The van der Waals surface area contributed by atoms with Crippen LogP contribution in [0.5, 0.6) is 0 Å². The highest BCUT2D eigenvalue weighted by atomic mass is 35.5. The molecule has 6 heteroatoms. The summed E-state index contributed by atoms with van der Waals surface area (Å²) in [5.74, 6) is -0.0985. The molecule has 1 N–H and O–H groups in total. The Balaban J connectivity index is 3.23. The fraction of sp³-hybridized carbons (Fsp3) is 0.222. The van der Waals surface area contributed by atoms with Crippen molar-refractivity contribution in [3.63, 3.8) is 0 Å². The van der Waals surface area contributed by atoms with Gasteiger partial charge in [-0.15, -0.1) is 0 Å². The molecule has 0 heterocycles. The second kappa shape index (κ2) is 4.30. The predicted octanol–water partition coefficient (Wildman–Crippen LogP) is 1.72. The number of Topliss-reactive ketones (excluding diaryl/α,β-unsaturated/α-hetero) is 1. The lowest BCUT2D eigenvalue weighted by molar-refractivity contribution is -0.116. The first kappa shape index (κ1) is 12.2. The van der Waals surface area contributed by atoms with Gasteiger partial charge in [0.25, 0.3) is 10.1 Å². The van der Waals surface area contributed by atoms with Crippen molar-refractivity contribution < 1.29 is 17.8 Å². The minimum absolute atomic E-state index is 0.0650. The van der Waals surface area contributed by atoms with Gasteiger partial charge in [-0.25, -0.2) is 0 Å². The van der Waals surface area contributed by atoms with Gasteiger partial charge in [-0.2, -0.15) is 8.42 Å². The molecule has 0 saturated carbocycles. The zero-order valence-corrected chi connectivity index (χ0v) is 9.47. The number of benzene rings is 1. The maximum atomic E-state index is 10.9. The lowest BCUT2D eigenvalue weighted by Gasteiger charge is -2.03. The number of rotatable bonds is 3. The van der Waals surface area contributed by atoms with Crippen molar-refractivity contribution in [2.24, 2.45) is 0 Å². The van der Waals surface area contributed by atoms with Gasteiger partial charge in [0.1, 0.15) is 10.7 Å². The third-order valence-electron chi connectivity index (χ3n) is 1.73. The quantitative estimate of drug-likeness (QED) is 0.827. The van der Waals surface area contributed by atoms with E-state index in [1.165, 1.54) is 19.1 Å². The van der Waals surface area contributed by atoms with E-state index in [-0.39, 0.29) is 22.1 Å². The molecule has 0 amide bonds. The van der Waals surface area contributed by atoms with Gasteiger partial charge in [0.05, 0.1) is 5.02 Å². The minimum Gasteiger partial charge on any atom is -0.300 e. The number of halogens is 1. The molecule has 0 spiro atoms. The summed E-state index contributed by atoms with van der Waals surface area (Å²) in [7, 11) is -4.34. The molecule has 82 valence electrons. The molecule has 0 fully saturated rings. The van der Waals surface area contributed by atoms with Gasteiger partial charge in [-0.3, -0.25) is 9.35 Å². The normalized spacial score (nSPS) is 11.4. The largest absolute Gasteiger partial charge is 0.300 e. The molecular formula is C9H9ClO4S. The molecular weight excluding hydrogens is 240 g/mol. The highest BCUT2D eigenvalue weighted by Crippen LogP contribution is 2.22. The van der Waals surface area contributed by atoms with Gasteiger partial charge in [0.15, 0.2) is 0 Å². The average molecular weight is 249 g/mol. The van der Waals surface area contributed by atoms with Gasteiger partial charge >= 0.3 is 0 Å². The summed E-state index contributed by atoms with van der Waals surface area (Å²) < 4.78 is 30.6. The maximum absolute atomic E-state index is 10.9. The molecule has 4 nitrogen and oxygen atoms in total. The molecule has 0 aliphatic carbocycles. The second-order valence-corrected chi connectivity index (χ2v) is 4.92. The maximum Gasteiger partial charge on any atom is 0.296 e. The van der Waals surface area contributed by atoms with E-state index in [9.17, 15) is 13.2 Å². The molecule has 1 rings (SSSR count). The average Bonchev–Trinajstić information content (AvgIpc) is 2.05. The van der Waals surface area contributed by atoms with Gasteiger partial charge in [-0.1, -0.05) is 17.7 Å². The van der Waals surface area contributed by atoms with Crippen molar-refractivity contribution in [1.29, 1.82) is 0 Å². The molecule has 1 aromatic carbocycles. The number of hydrogen-bond donors (Lipinski definition) is 1. The molecule has 0 atom stereocenters. The van der Waals surface area contributed by atoms with Crippen LogP contribution in [0, 0.1) is 0 Å². The Bertz CT molecular complexity index is 493. The van der Waals surface area contributed by atoms with E-state index in [1.54, 1.807) is 6.07 Å². The third-order valence-corrected chi connectivity index (χ3v) is 3.06. The highest BCUT2D eigenvalue weighted by molar-refractivity contribution is 7.86. The predicted molar refractivity (Wildman–Crippen MR) is 55.7 cm³/mol. The van der Waals surface area contributed by atoms with Crippen LogP contribution in [0.4, 0.5) is 0 Å². The summed E-state index contributed by atoms with van der Waals surface area (Å²) in [4.78, 5) is 10.4. The summed E-state index contributed by atoms with van der Waals surface area (Å²) >= 11 is 5.59. The van der Waals surface area contributed by atoms with Crippen LogP contribution in [-0.4, -0.2) is 18.8 Å². The first-order chi connectivity index (χ1) is 6.80. The van der Waals surface area contributed by atoms with Crippen LogP contribution >= 0.6 is 11.6 Å². The molecule has 0 bridgehead atoms. The lowest BCUT2D eigenvalue weighted by Crippen LogP contribution is -2.02. The standard InChI is InChI=1S/C9H9ClO4S/c1-6(11)4-7-2-3-8(10)9(5-7)15(12,13)14/h2-3,5H,4H2,1H3,(H,12,13,14). The van der Waals surface area contributed by atoms with E-state index in [2.05, 4.69) is 0 Å². The smallest absolute Gasteiger partial charge is 0.296 e. The zero-order chi connectivity index (χ0) is 11.6. The first-order valence-corrected chi connectivity index (χ1v) is 5.88. The summed E-state index contributed by atoms with van der Waals surface area (Å²) in [6.07, 6.45) is 0.111. The monoisotopic (exact) mass is 248 g/mol. The van der Waals surface area contributed by atoms with Crippen molar-refractivity contribution in [2.45, 2.75) is 18.2 Å². The van der Waals surface area contributed by atoms with E-state index < -0.39 is 10.1 Å². The molecule has 0 radical (unpaired) electrons. The molecule has 1 aromatic rings. The van der Waals surface area contributed by atoms with Crippen molar-refractivity contribution in [1.82, 2.24) is 0 Å². The number of ketones is 1. The summed E-state index contributed by atoms with van der Waals surface area (Å²) in [5, 5.41) is -0.0650. The summed E-state index contributed by atoms with van der Waals surface area (Å²) in [6.45, 7) is 1.39. The van der Waals surface area contributed by atoms with Crippen molar-refractivity contribution in [3.8, 4) is 0 Å². The molecule has 0 unspecified atom stereocenters. The number of hydrogen-bond acceptors (Lipinski definition) is 3. The van der Waals surface area contributed by atoms with Crippen LogP contribution in [0.1, 0.15) is 12.5 Å². The van der Waals surface area contributed by atoms with Crippen LogP contribution in [0.15, 0.2) is 23.1 Å². The summed E-state index contributed by atoms with van der Waals surface area (Å²) in [5.41, 5.74) is 0.500. The van der Waals surface area contributed by atoms with Crippen molar-refractivity contribution in [2.75, 3.05) is 0 Å². The van der Waals surface area contributed by atoms with Crippen LogP contribution in [0.25, 0.3) is 0 Å². The van der Waals surface area contributed by atoms with E-state index in [4.69, 9.17) is 16.2 Å². The number of carbonyl (C=O) groups excluding carboxylic acids is 1. The van der Waals surface area contributed by atoms with Crippen molar-refractivity contribution in [3.05, 3.63) is 28.8 Å². The minimum atomic E-state index is -4.34. The van der Waals surface area contributed by atoms with Crippen LogP contribution < -0.4 is 0 Å². The Kier molecular flexibility index (Phi) is 3.49. The fourth-order valence-corrected chi connectivity index (χ4v) is 2.17. The van der Waals surface area contributed by atoms with Crippen LogP contribution in [-0.2, 0) is 21.3 Å². The Morgan fingerprint density at radius 1 is 1.47 bits per heavy atom. The van der Waals surface area contributed by atoms with Crippen molar-refractivity contribution >= 4 is 27.5 Å². The Morgan fingerprint density at radius 3 is 2.53 bits per heavy atom. The van der Waals surface area contributed by atoms with Crippen LogP contribution in [0.2, 0.25) is 5.02 Å². The molecule has 0 aliphatic heterocycles. The highest BCUT2D eigenvalue weighted by Gasteiger charge is 2.15. The Morgan fingerprint density at radius 2 is 2.07 bits per heavy atom. The van der Waals surface area contributed by atoms with E-state index in [0.717, 1.165) is 0 Å². The van der Waals surface area contributed by atoms with Gasteiger partial charge in [-0.05, 0) is 24.6 Å². The van der Waals surface area contributed by atoms with E-state index in [0.29, 0.717) is 5.56 Å². The number of carbonyl (C=O) groups is 1. The zero-order valence-electron chi connectivity index (χ0n) is 7.90.